The normalized spacial score (nSPS) is 19.3. The lowest BCUT2D eigenvalue weighted by Crippen LogP contribution is -2.45. The smallest absolute Gasteiger partial charge is 0.415 e. The monoisotopic (exact) mass is 254 g/mol. The van der Waals surface area contributed by atoms with Gasteiger partial charge in [0.1, 0.15) is 11.8 Å². The standard InChI is InChI=1S/C12H18N2O4/c1-12(2,3)18-11(16)14-7-8(10(15)17-4)5-6-9(14)13/h5-7,9H,13H2,1-4H3. The van der Waals surface area contributed by atoms with Crippen LogP contribution in [0.25, 0.3) is 0 Å². The summed E-state index contributed by atoms with van der Waals surface area (Å²) in [6.45, 7) is 5.25. The van der Waals surface area contributed by atoms with Gasteiger partial charge in [-0.2, -0.15) is 0 Å². The first-order valence-electron chi connectivity index (χ1n) is 5.50. The van der Waals surface area contributed by atoms with E-state index in [9.17, 15) is 9.59 Å². The summed E-state index contributed by atoms with van der Waals surface area (Å²) in [5.41, 5.74) is 5.36. The summed E-state index contributed by atoms with van der Waals surface area (Å²) in [5, 5.41) is 0. The molecule has 2 N–H and O–H groups in total. The van der Waals surface area contributed by atoms with Crippen molar-refractivity contribution in [2.45, 2.75) is 32.5 Å². The first-order valence-corrected chi connectivity index (χ1v) is 5.50. The van der Waals surface area contributed by atoms with Crippen LogP contribution in [0, 0.1) is 0 Å². The third-order valence-corrected chi connectivity index (χ3v) is 2.10. The summed E-state index contributed by atoms with van der Waals surface area (Å²) < 4.78 is 9.76. The van der Waals surface area contributed by atoms with Crippen molar-refractivity contribution in [3.63, 3.8) is 0 Å². The molecule has 100 valence electrons. The predicted molar refractivity (Wildman–Crippen MR) is 65.3 cm³/mol. The van der Waals surface area contributed by atoms with Crippen LogP contribution in [0.3, 0.4) is 0 Å². The van der Waals surface area contributed by atoms with Crippen LogP contribution in [0.5, 0.6) is 0 Å². The molecule has 18 heavy (non-hydrogen) atoms. The molecule has 1 rings (SSSR count). The number of amides is 1. The van der Waals surface area contributed by atoms with Gasteiger partial charge in [0.25, 0.3) is 0 Å². The number of carbonyl (C=O) groups excluding carboxylic acids is 2. The van der Waals surface area contributed by atoms with Gasteiger partial charge in [-0.05, 0) is 32.9 Å². The van der Waals surface area contributed by atoms with E-state index in [-0.39, 0.29) is 5.57 Å². The van der Waals surface area contributed by atoms with Crippen molar-refractivity contribution in [2.75, 3.05) is 7.11 Å². The Labute approximate surface area is 106 Å². The van der Waals surface area contributed by atoms with Crippen LogP contribution in [0.15, 0.2) is 23.9 Å². The lowest BCUT2D eigenvalue weighted by molar-refractivity contribution is -0.135. The molecule has 0 fully saturated rings. The molecule has 0 aromatic heterocycles. The largest absolute Gasteiger partial charge is 0.465 e. The second-order valence-corrected chi connectivity index (χ2v) is 4.81. The quantitative estimate of drug-likeness (QED) is 0.709. The van der Waals surface area contributed by atoms with Gasteiger partial charge in [0.2, 0.25) is 0 Å². The molecule has 0 aromatic rings. The average molecular weight is 254 g/mol. The zero-order valence-corrected chi connectivity index (χ0v) is 11.0. The maximum atomic E-state index is 11.9. The van der Waals surface area contributed by atoms with E-state index in [0.717, 1.165) is 4.90 Å². The summed E-state index contributed by atoms with van der Waals surface area (Å²) in [5.74, 6) is -0.535. The van der Waals surface area contributed by atoms with Crippen molar-refractivity contribution >= 4 is 12.1 Å². The Kier molecular flexibility index (Phi) is 4.13. The van der Waals surface area contributed by atoms with Gasteiger partial charge < -0.3 is 15.2 Å². The minimum atomic E-state index is -0.659. The van der Waals surface area contributed by atoms with Crippen molar-refractivity contribution < 1.29 is 19.1 Å². The molecule has 1 heterocycles. The second kappa shape index (κ2) is 5.22. The first kappa shape index (κ1) is 14.2. The Balaban J connectivity index is 2.87. The molecule has 0 spiro atoms. The van der Waals surface area contributed by atoms with E-state index in [0.29, 0.717) is 0 Å². The molecule has 1 aliphatic heterocycles. The van der Waals surface area contributed by atoms with Gasteiger partial charge >= 0.3 is 12.1 Å². The van der Waals surface area contributed by atoms with E-state index in [1.807, 2.05) is 0 Å². The summed E-state index contributed by atoms with van der Waals surface area (Å²) in [6.07, 6.45) is 3.09. The number of nitrogens with two attached hydrogens (primary N) is 1. The van der Waals surface area contributed by atoms with E-state index in [1.165, 1.54) is 25.5 Å². The highest BCUT2D eigenvalue weighted by molar-refractivity contribution is 5.92. The number of hydrogen-bond donors (Lipinski definition) is 1. The molecule has 0 aliphatic carbocycles. The number of carbonyl (C=O) groups is 2. The lowest BCUT2D eigenvalue weighted by Gasteiger charge is -2.29. The maximum Gasteiger partial charge on any atom is 0.415 e. The number of ether oxygens (including phenoxy) is 2. The number of rotatable bonds is 1. The molecule has 1 aliphatic rings. The van der Waals surface area contributed by atoms with Gasteiger partial charge in [-0.15, -0.1) is 0 Å². The van der Waals surface area contributed by atoms with Crippen molar-refractivity contribution in [3.8, 4) is 0 Å². The fraction of sp³-hybridized carbons (Fsp3) is 0.500. The Hall–Kier alpha value is -1.82. The lowest BCUT2D eigenvalue weighted by atomic mass is 10.2. The minimum absolute atomic E-state index is 0.241. The topological polar surface area (TPSA) is 81.9 Å². The molecule has 1 amide bonds. The van der Waals surface area contributed by atoms with E-state index < -0.39 is 23.8 Å². The zero-order valence-electron chi connectivity index (χ0n) is 11.0. The maximum absolute atomic E-state index is 11.9. The highest BCUT2D eigenvalue weighted by Gasteiger charge is 2.27. The van der Waals surface area contributed by atoms with Crippen LogP contribution in [0.1, 0.15) is 20.8 Å². The fourth-order valence-electron chi connectivity index (χ4n) is 1.30. The van der Waals surface area contributed by atoms with Gasteiger partial charge in [-0.1, -0.05) is 0 Å². The number of esters is 1. The van der Waals surface area contributed by atoms with Crippen molar-refractivity contribution in [1.82, 2.24) is 4.90 Å². The molecule has 6 nitrogen and oxygen atoms in total. The zero-order chi connectivity index (χ0) is 13.9. The molecule has 0 bridgehead atoms. The molecule has 1 atom stereocenters. The molecule has 0 radical (unpaired) electrons. The average Bonchev–Trinajstić information content (AvgIpc) is 2.26. The molecular weight excluding hydrogens is 236 g/mol. The van der Waals surface area contributed by atoms with Crippen molar-refractivity contribution in [3.05, 3.63) is 23.9 Å². The highest BCUT2D eigenvalue weighted by Crippen LogP contribution is 2.16. The van der Waals surface area contributed by atoms with Gasteiger partial charge in [0, 0.05) is 6.20 Å². The van der Waals surface area contributed by atoms with Gasteiger partial charge in [0.15, 0.2) is 0 Å². The van der Waals surface area contributed by atoms with Crippen LogP contribution >= 0.6 is 0 Å². The van der Waals surface area contributed by atoms with Crippen LogP contribution in [-0.2, 0) is 14.3 Å². The van der Waals surface area contributed by atoms with E-state index in [2.05, 4.69) is 4.74 Å². The van der Waals surface area contributed by atoms with E-state index >= 15 is 0 Å². The van der Waals surface area contributed by atoms with Crippen LogP contribution in [0.4, 0.5) is 4.79 Å². The summed E-state index contributed by atoms with van der Waals surface area (Å²) in [6, 6.07) is 0. The fourth-order valence-corrected chi connectivity index (χ4v) is 1.30. The SMILES string of the molecule is COC(=O)C1=CN(C(=O)OC(C)(C)C)C(N)C=C1. The Morgan fingerprint density at radius 3 is 2.50 bits per heavy atom. The highest BCUT2D eigenvalue weighted by atomic mass is 16.6. The molecule has 1 unspecified atom stereocenters. The molecular formula is C12H18N2O4. The summed E-state index contributed by atoms with van der Waals surface area (Å²) in [4.78, 5) is 24.4. The Morgan fingerprint density at radius 1 is 1.39 bits per heavy atom. The number of nitrogens with zero attached hydrogens (tertiary/aromatic N) is 1. The van der Waals surface area contributed by atoms with Crippen LogP contribution in [-0.4, -0.2) is 35.8 Å². The summed E-state index contributed by atoms with van der Waals surface area (Å²) >= 11 is 0. The van der Waals surface area contributed by atoms with Crippen molar-refractivity contribution in [1.29, 1.82) is 0 Å². The minimum Gasteiger partial charge on any atom is -0.465 e. The Bertz CT molecular complexity index is 407. The number of methoxy groups -OCH3 is 1. The predicted octanol–water partition coefficient (Wildman–Crippen LogP) is 1.14. The molecule has 6 heteroatoms. The van der Waals surface area contributed by atoms with Crippen LogP contribution in [0.2, 0.25) is 0 Å². The van der Waals surface area contributed by atoms with Crippen LogP contribution < -0.4 is 5.73 Å². The first-order chi connectivity index (χ1) is 8.24. The van der Waals surface area contributed by atoms with Gasteiger partial charge in [0.05, 0.1) is 12.7 Å². The van der Waals surface area contributed by atoms with Gasteiger partial charge in [-0.25, -0.2) is 9.59 Å². The second-order valence-electron chi connectivity index (χ2n) is 4.81. The van der Waals surface area contributed by atoms with Gasteiger partial charge in [-0.3, -0.25) is 4.90 Å². The number of hydrogen-bond acceptors (Lipinski definition) is 5. The third kappa shape index (κ3) is 3.59. The van der Waals surface area contributed by atoms with E-state index in [1.54, 1.807) is 20.8 Å². The molecule has 0 aromatic carbocycles. The molecule has 0 saturated carbocycles. The van der Waals surface area contributed by atoms with E-state index in [4.69, 9.17) is 10.5 Å². The van der Waals surface area contributed by atoms with Crippen molar-refractivity contribution in [2.24, 2.45) is 5.73 Å². The Morgan fingerprint density at radius 2 is 2.00 bits per heavy atom. The third-order valence-electron chi connectivity index (χ3n) is 2.10. The summed E-state index contributed by atoms with van der Waals surface area (Å²) in [7, 11) is 1.27. The molecule has 0 saturated heterocycles.